The molecule has 2 aliphatic rings. The molecule has 0 radical (unpaired) electrons. The zero-order valence-corrected chi connectivity index (χ0v) is 14.8. The Hall–Kier alpha value is -2.37. The van der Waals surface area contributed by atoms with Crippen LogP contribution in [0.25, 0.3) is 0 Å². The van der Waals surface area contributed by atoms with Crippen molar-refractivity contribution >= 4 is 5.91 Å². The van der Waals surface area contributed by atoms with Crippen LogP contribution in [0.4, 0.5) is 0 Å². The number of aryl methyl sites for hydroxylation is 1. The zero-order chi connectivity index (χ0) is 17.4. The van der Waals surface area contributed by atoms with Gasteiger partial charge in [-0.3, -0.25) is 4.79 Å². The summed E-state index contributed by atoms with van der Waals surface area (Å²) in [5.74, 6) is 2.28. The van der Waals surface area contributed by atoms with Gasteiger partial charge in [-0.2, -0.15) is 0 Å². The molecular weight excluding hydrogens is 316 g/mol. The van der Waals surface area contributed by atoms with Gasteiger partial charge in [0.15, 0.2) is 0 Å². The van der Waals surface area contributed by atoms with Crippen molar-refractivity contribution in [3.05, 3.63) is 42.0 Å². The van der Waals surface area contributed by atoms with E-state index >= 15 is 0 Å². The van der Waals surface area contributed by atoms with Crippen molar-refractivity contribution < 1.29 is 9.53 Å². The summed E-state index contributed by atoms with van der Waals surface area (Å²) in [6.07, 6.45) is 5.76. The van der Waals surface area contributed by atoms with Crippen LogP contribution in [0, 0.1) is 5.41 Å². The average Bonchev–Trinajstić information content (AvgIpc) is 3.18. The maximum absolute atomic E-state index is 12.9. The van der Waals surface area contributed by atoms with Crippen molar-refractivity contribution in [3.63, 3.8) is 0 Å². The maximum atomic E-state index is 12.9. The number of amides is 1. The van der Waals surface area contributed by atoms with Crippen LogP contribution in [-0.4, -0.2) is 45.8 Å². The molecule has 1 saturated carbocycles. The van der Waals surface area contributed by atoms with Crippen LogP contribution in [0.5, 0.6) is 5.75 Å². The lowest BCUT2D eigenvalue weighted by Gasteiger charge is -2.42. The van der Waals surface area contributed by atoms with Crippen LogP contribution in [-0.2, 0) is 18.3 Å². The van der Waals surface area contributed by atoms with E-state index in [1.165, 1.54) is 19.3 Å². The molecule has 2 heterocycles. The number of hydrogen-bond donors (Lipinski definition) is 0. The van der Waals surface area contributed by atoms with Gasteiger partial charge in [0.25, 0.3) is 0 Å². The molecule has 25 heavy (non-hydrogen) atoms. The standard InChI is InChI=1S/C19H24N4O2/c1-22-13-20-21-18(22)16-11-23(12-19(16)7-4-8-19)17(24)10-14-5-3-6-15(9-14)25-2/h3,5-6,9,13,16H,4,7-8,10-12H2,1-2H3. The number of ether oxygens (including phenoxy) is 1. The molecule has 2 aromatic rings. The minimum atomic E-state index is 0.184. The Labute approximate surface area is 147 Å². The number of carbonyl (C=O) groups is 1. The normalized spacial score (nSPS) is 21.4. The highest BCUT2D eigenvalue weighted by Crippen LogP contribution is 2.55. The van der Waals surface area contributed by atoms with Gasteiger partial charge in [-0.25, -0.2) is 0 Å². The lowest BCUT2D eigenvalue weighted by Crippen LogP contribution is -2.38. The first-order valence-corrected chi connectivity index (χ1v) is 8.86. The van der Waals surface area contributed by atoms with Crippen LogP contribution in [0.3, 0.4) is 0 Å². The minimum absolute atomic E-state index is 0.184. The Morgan fingerprint density at radius 3 is 2.88 bits per heavy atom. The molecule has 6 heteroatoms. The molecule has 1 spiro atoms. The second kappa shape index (κ2) is 6.17. The van der Waals surface area contributed by atoms with Crippen molar-refractivity contribution in [2.45, 2.75) is 31.6 Å². The van der Waals surface area contributed by atoms with Crippen LogP contribution in [0.2, 0.25) is 0 Å². The molecule has 4 rings (SSSR count). The Kier molecular flexibility index (Phi) is 3.98. The predicted octanol–water partition coefficient (Wildman–Crippen LogP) is 2.16. The molecule has 1 aromatic carbocycles. The van der Waals surface area contributed by atoms with E-state index in [4.69, 9.17) is 4.74 Å². The zero-order valence-electron chi connectivity index (χ0n) is 14.8. The Morgan fingerprint density at radius 2 is 2.24 bits per heavy atom. The van der Waals surface area contributed by atoms with Gasteiger partial charge in [0.1, 0.15) is 17.9 Å². The molecule has 1 unspecified atom stereocenters. The van der Waals surface area contributed by atoms with Crippen molar-refractivity contribution in [1.29, 1.82) is 0 Å². The number of carbonyl (C=O) groups excluding carboxylic acids is 1. The van der Waals surface area contributed by atoms with E-state index in [0.717, 1.165) is 30.2 Å². The fourth-order valence-electron chi connectivity index (χ4n) is 4.33. The number of hydrogen-bond acceptors (Lipinski definition) is 4. The van der Waals surface area contributed by atoms with Crippen LogP contribution in [0.15, 0.2) is 30.6 Å². The van der Waals surface area contributed by atoms with Gasteiger partial charge in [-0.15, -0.1) is 10.2 Å². The monoisotopic (exact) mass is 340 g/mol. The highest BCUT2D eigenvalue weighted by Gasteiger charge is 2.53. The number of methoxy groups -OCH3 is 1. The first-order valence-electron chi connectivity index (χ1n) is 8.86. The summed E-state index contributed by atoms with van der Waals surface area (Å²) in [4.78, 5) is 14.9. The predicted molar refractivity (Wildman–Crippen MR) is 93.3 cm³/mol. The van der Waals surface area contributed by atoms with Crippen LogP contribution in [0.1, 0.15) is 36.6 Å². The SMILES string of the molecule is COc1cccc(CC(=O)N2CC(c3nncn3C)C3(CCC3)C2)c1. The van der Waals surface area contributed by atoms with Crippen LogP contribution >= 0.6 is 0 Å². The summed E-state index contributed by atoms with van der Waals surface area (Å²) in [5, 5.41) is 8.38. The maximum Gasteiger partial charge on any atom is 0.227 e. The number of likely N-dealkylation sites (tertiary alicyclic amines) is 1. The van der Waals surface area contributed by atoms with Crippen LogP contribution < -0.4 is 4.74 Å². The molecule has 1 aliphatic carbocycles. The number of nitrogens with zero attached hydrogens (tertiary/aromatic N) is 4. The van der Waals surface area contributed by atoms with Gasteiger partial charge in [-0.05, 0) is 36.0 Å². The van der Waals surface area contributed by atoms with Gasteiger partial charge < -0.3 is 14.2 Å². The fraction of sp³-hybridized carbons (Fsp3) is 0.526. The minimum Gasteiger partial charge on any atom is -0.497 e. The molecule has 2 fully saturated rings. The second-order valence-corrected chi connectivity index (χ2v) is 7.37. The van der Waals surface area contributed by atoms with E-state index < -0.39 is 0 Å². The second-order valence-electron chi connectivity index (χ2n) is 7.37. The molecule has 6 nitrogen and oxygen atoms in total. The summed E-state index contributed by atoms with van der Waals surface area (Å²) in [6, 6.07) is 7.75. The molecule has 0 bridgehead atoms. The van der Waals surface area contributed by atoms with E-state index in [1.807, 2.05) is 40.8 Å². The van der Waals surface area contributed by atoms with Gasteiger partial charge in [-0.1, -0.05) is 18.6 Å². The van der Waals surface area contributed by atoms with E-state index in [2.05, 4.69) is 10.2 Å². The van der Waals surface area contributed by atoms with E-state index in [1.54, 1.807) is 13.4 Å². The topological polar surface area (TPSA) is 60.2 Å². The third kappa shape index (κ3) is 2.79. The third-order valence-corrected chi connectivity index (χ3v) is 5.90. The van der Waals surface area contributed by atoms with Gasteiger partial charge in [0.2, 0.25) is 5.91 Å². The van der Waals surface area contributed by atoms with Gasteiger partial charge in [0.05, 0.1) is 13.5 Å². The number of aromatic nitrogens is 3. The van der Waals surface area contributed by atoms with E-state index in [-0.39, 0.29) is 11.3 Å². The molecule has 1 amide bonds. The summed E-state index contributed by atoms with van der Waals surface area (Å²) in [6.45, 7) is 1.59. The molecule has 1 aliphatic heterocycles. The summed E-state index contributed by atoms with van der Waals surface area (Å²) in [7, 11) is 3.63. The fourth-order valence-corrected chi connectivity index (χ4v) is 4.33. The highest BCUT2D eigenvalue weighted by molar-refractivity contribution is 5.79. The molecule has 1 saturated heterocycles. The Bertz CT molecular complexity index is 781. The van der Waals surface area contributed by atoms with Gasteiger partial charge in [0, 0.05) is 26.1 Å². The molecular formula is C19H24N4O2. The number of benzene rings is 1. The van der Waals surface area contributed by atoms with Crippen molar-refractivity contribution in [2.75, 3.05) is 20.2 Å². The van der Waals surface area contributed by atoms with Crippen molar-refractivity contribution in [3.8, 4) is 5.75 Å². The molecule has 1 aromatic heterocycles. The first kappa shape index (κ1) is 16.1. The first-order chi connectivity index (χ1) is 12.1. The van der Waals surface area contributed by atoms with E-state index in [9.17, 15) is 4.79 Å². The lowest BCUT2D eigenvalue weighted by molar-refractivity contribution is -0.130. The van der Waals surface area contributed by atoms with Crippen molar-refractivity contribution in [2.24, 2.45) is 12.5 Å². The summed E-state index contributed by atoms with van der Waals surface area (Å²) < 4.78 is 7.26. The summed E-state index contributed by atoms with van der Waals surface area (Å²) >= 11 is 0. The largest absolute Gasteiger partial charge is 0.497 e. The highest BCUT2D eigenvalue weighted by atomic mass is 16.5. The lowest BCUT2D eigenvalue weighted by atomic mass is 9.62. The molecule has 1 atom stereocenters. The Morgan fingerprint density at radius 1 is 1.40 bits per heavy atom. The quantitative estimate of drug-likeness (QED) is 0.856. The van der Waals surface area contributed by atoms with Gasteiger partial charge >= 0.3 is 0 Å². The molecule has 0 N–H and O–H groups in total. The number of rotatable bonds is 4. The van der Waals surface area contributed by atoms with E-state index in [0.29, 0.717) is 12.3 Å². The summed E-state index contributed by atoms with van der Waals surface area (Å²) in [5.41, 5.74) is 1.19. The smallest absolute Gasteiger partial charge is 0.227 e. The molecule has 132 valence electrons. The third-order valence-electron chi connectivity index (χ3n) is 5.90. The van der Waals surface area contributed by atoms with Crippen molar-refractivity contribution in [1.82, 2.24) is 19.7 Å². The Balaban J connectivity index is 1.51. The average molecular weight is 340 g/mol.